The molecule has 0 radical (unpaired) electrons. The molecule has 2 rings (SSSR count). The molecule has 1 heterocycles. The number of nitrogens with two attached hydrogens (primary N) is 1. The highest BCUT2D eigenvalue weighted by molar-refractivity contribution is 7.89. The van der Waals surface area contributed by atoms with E-state index in [0.717, 1.165) is 17.5 Å². The molecule has 1 fully saturated rings. The van der Waals surface area contributed by atoms with Crippen LogP contribution in [-0.4, -0.2) is 28.2 Å². The van der Waals surface area contributed by atoms with Crippen LogP contribution in [0, 0.1) is 12.8 Å². The average Bonchev–Trinajstić information content (AvgIpc) is 2.90. The van der Waals surface area contributed by atoms with Gasteiger partial charge < -0.3 is 10.5 Å². The molecular weight excluding hydrogens is 264 g/mol. The van der Waals surface area contributed by atoms with Crippen LogP contribution in [0.4, 0.5) is 0 Å². The van der Waals surface area contributed by atoms with Crippen LogP contribution in [0.1, 0.15) is 17.5 Å². The third-order valence-electron chi connectivity index (χ3n) is 3.49. The second kappa shape index (κ2) is 6.00. The predicted molar refractivity (Wildman–Crippen MR) is 73.2 cm³/mol. The normalized spacial score (nSPS) is 19.8. The molecule has 1 unspecified atom stereocenters. The van der Waals surface area contributed by atoms with Gasteiger partial charge in [0.2, 0.25) is 10.0 Å². The fourth-order valence-corrected chi connectivity index (χ4v) is 3.62. The van der Waals surface area contributed by atoms with Gasteiger partial charge in [0.1, 0.15) is 0 Å². The van der Waals surface area contributed by atoms with Crippen molar-refractivity contribution in [1.82, 2.24) is 4.72 Å². The molecule has 1 aliphatic rings. The summed E-state index contributed by atoms with van der Waals surface area (Å²) in [7, 11) is -3.47. The molecule has 6 heteroatoms. The minimum absolute atomic E-state index is 0.271. The van der Waals surface area contributed by atoms with Gasteiger partial charge in [-0.1, -0.05) is 12.1 Å². The number of hydrogen-bond acceptors (Lipinski definition) is 4. The van der Waals surface area contributed by atoms with Crippen LogP contribution in [0.15, 0.2) is 23.1 Å². The van der Waals surface area contributed by atoms with Crippen molar-refractivity contribution < 1.29 is 13.2 Å². The van der Waals surface area contributed by atoms with Crippen LogP contribution >= 0.6 is 0 Å². The van der Waals surface area contributed by atoms with Crippen molar-refractivity contribution in [1.29, 1.82) is 0 Å². The summed E-state index contributed by atoms with van der Waals surface area (Å²) < 4.78 is 32.5. The highest BCUT2D eigenvalue weighted by Gasteiger charge is 2.21. The van der Waals surface area contributed by atoms with Gasteiger partial charge >= 0.3 is 0 Å². The van der Waals surface area contributed by atoms with E-state index in [9.17, 15) is 8.42 Å². The molecule has 0 amide bonds. The predicted octanol–water partition coefficient (Wildman–Crippen LogP) is 0.769. The molecule has 0 spiro atoms. The molecule has 1 atom stereocenters. The third-order valence-corrected chi connectivity index (χ3v) is 5.06. The monoisotopic (exact) mass is 284 g/mol. The van der Waals surface area contributed by atoms with Gasteiger partial charge in [-0.2, -0.15) is 0 Å². The fourth-order valence-electron chi connectivity index (χ4n) is 2.22. The van der Waals surface area contributed by atoms with Gasteiger partial charge in [-0.05, 0) is 36.5 Å². The van der Waals surface area contributed by atoms with Gasteiger partial charge in [0, 0.05) is 19.7 Å². The van der Waals surface area contributed by atoms with Crippen molar-refractivity contribution in [2.24, 2.45) is 11.7 Å². The number of ether oxygens (including phenoxy) is 1. The van der Waals surface area contributed by atoms with Gasteiger partial charge in [0.25, 0.3) is 0 Å². The maximum absolute atomic E-state index is 12.3. The quantitative estimate of drug-likeness (QED) is 0.837. The van der Waals surface area contributed by atoms with Crippen molar-refractivity contribution in [3.05, 3.63) is 29.3 Å². The first-order valence-electron chi connectivity index (χ1n) is 6.40. The van der Waals surface area contributed by atoms with E-state index in [0.29, 0.717) is 31.2 Å². The Morgan fingerprint density at radius 2 is 2.26 bits per heavy atom. The molecule has 19 heavy (non-hydrogen) atoms. The van der Waals surface area contributed by atoms with Crippen LogP contribution < -0.4 is 10.5 Å². The van der Waals surface area contributed by atoms with E-state index in [1.807, 2.05) is 6.07 Å². The minimum atomic E-state index is -3.47. The van der Waals surface area contributed by atoms with E-state index >= 15 is 0 Å². The zero-order chi connectivity index (χ0) is 13.9. The molecule has 3 N–H and O–H groups in total. The molecule has 0 saturated carbocycles. The molecule has 1 aliphatic heterocycles. The average molecular weight is 284 g/mol. The third kappa shape index (κ3) is 3.33. The molecular formula is C13H20N2O3S. The first-order chi connectivity index (χ1) is 9.04. The van der Waals surface area contributed by atoms with Crippen molar-refractivity contribution in [2.45, 2.75) is 24.8 Å². The number of rotatable bonds is 5. The Hall–Kier alpha value is -0.950. The van der Waals surface area contributed by atoms with E-state index in [-0.39, 0.29) is 5.92 Å². The summed E-state index contributed by atoms with van der Waals surface area (Å²) in [5.41, 5.74) is 7.18. The van der Waals surface area contributed by atoms with E-state index in [1.54, 1.807) is 19.1 Å². The summed E-state index contributed by atoms with van der Waals surface area (Å²) in [6.07, 6.45) is 0.907. The van der Waals surface area contributed by atoms with Crippen LogP contribution in [0.25, 0.3) is 0 Å². The minimum Gasteiger partial charge on any atom is -0.381 e. The van der Waals surface area contributed by atoms with E-state index in [2.05, 4.69) is 4.72 Å². The Morgan fingerprint density at radius 3 is 2.89 bits per heavy atom. The molecule has 106 valence electrons. The molecule has 5 nitrogen and oxygen atoms in total. The number of sulfonamides is 1. The first-order valence-corrected chi connectivity index (χ1v) is 7.89. The molecule has 1 aromatic rings. The van der Waals surface area contributed by atoms with Crippen LogP contribution in [0.5, 0.6) is 0 Å². The topological polar surface area (TPSA) is 81.4 Å². The highest BCUT2D eigenvalue weighted by atomic mass is 32.2. The van der Waals surface area contributed by atoms with E-state index in [1.165, 1.54) is 0 Å². The van der Waals surface area contributed by atoms with Crippen LogP contribution in [-0.2, 0) is 21.3 Å². The zero-order valence-corrected chi connectivity index (χ0v) is 11.9. The summed E-state index contributed by atoms with van der Waals surface area (Å²) >= 11 is 0. The standard InChI is InChI=1S/C13H20N2O3S/c1-10-12(7-14)3-2-4-13(10)19(16,17)15-8-11-5-6-18-9-11/h2-4,11,15H,5-9,14H2,1H3. The van der Waals surface area contributed by atoms with Crippen molar-refractivity contribution >= 4 is 10.0 Å². The Bertz CT molecular complexity index is 537. The van der Waals surface area contributed by atoms with Gasteiger partial charge in [-0.15, -0.1) is 0 Å². The molecule has 1 aromatic carbocycles. The van der Waals surface area contributed by atoms with Gasteiger partial charge in [-0.3, -0.25) is 0 Å². The lowest BCUT2D eigenvalue weighted by atomic mass is 10.1. The lowest BCUT2D eigenvalue weighted by molar-refractivity contribution is 0.186. The second-order valence-corrected chi connectivity index (χ2v) is 6.56. The summed E-state index contributed by atoms with van der Waals surface area (Å²) in [5.74, 6) is 0.271. The maximum atomic E-state index is 12.3. The Kier molecular flexibility index (Phi) is 4.57. The lowest BCUT2D eigenvalue weighted by Crippen LogP contribution is -2.30. The summed E-state index contributed by atoms with van der Waals surface area (Å²) in [5, 5.41) is 0. The smallest absolute Gasteiger partial charge is 0.240 e. The van der Waals surface area contributed by atoms with Crippen molar-refractivity contribution in [2.75, 3.05) is 19.8 Å². The molecule has 1 saturated heterocycles. The van der Waals surface area contributed by atoms with Crippen molar-refractivity contribution in [3.63, 3.8) is 0 Å². The van der Waals surface area contributed by atoms with Crippen LogP contribution in [0.2, 0.25) is 0 Å². The summed E-state index contributed by atoms with van der Waals surface area (Å²) in [6, 6.07) is 5.18. The fraction of sp³-hybridized carbons (Fsp3) is 0.538. The van der Waals surface area contributed by atoms with Crippen molar-refractivity contribution in [3.8, 4) is 0 Å². The lowest BCUT2D eigenvalue weighted by Gasteiger charge is -2.13. The van der Waals surface area contributed by atoms with Crippen LogP contribution in [0.3, 0.4) is 0 Å². The number of hydrogen-bond donors (Lipinski definition) is 2. The molecule has 0 bridgehead atoms. The summed E-state index contributed by atoms with van der Waals surface area (Å²) in [6.45, 7) is 3.90. The Labute approximate surface area is 114 Å². The first kappa shape index (κ1) is 14.5. The molecule has 0 aliphatic carbocycles. The Morgan fingerprint density at radius 1 is 1.47 bits per heavy atom. The van der Waals surface area contributed by atoms with E-state index in [4.69, 9.17) is 10.5 Å². The Balaban J connectivity index is 2.14. The SMILES string of the molecule is Cc1c(CN)cccc1S(=O)(=O)NCC1CCOC1. The second-order valence-electron chi connectivity index (χ2n) is 4.83. The number of benzene rings is 1. The van der Waals surface area contributed by atoms with E-state index < -0.39 is 10.0 Å². The highest BCUT2D eigenvalue weighted by Crippen LogP contribution is 2.19. The molecule has 0 aromatic heterocycles. The number of nitrogens with one attached hydrogen (secondary N) is 1. The van der Waals surface area contributed by atoms with Gasteiger partial charge in [0.15, 0.2) is 0 Å². The zero-order valence-electron chi connectivity index (χ0n) is 11.1. The maximum Gasteiger partial charge on any atom is 0.240 e. The van der Waals surface area contributed by atoms with Gasteiger partial charge in [0.05, 0.1) is 11.5 Å². The largest absolute Gasteiger partial charge is 0.381 e. The van der Waals surface area contributed by atoms with Gasteiger partial charge in [-0.25, -0.2) is 13.1 Å². The summed E-state index contributed by atoms with van der Waals surface area (Å²) in [4.78, 5) is 0.314.